The average Bonchev–Trinajstić information content (AvgIpc) is 2.62. The maximum absolute atomic E-state index is 6.18. The van der Waals surface area contributed by atoms with Crippen LogP contribution in [0.3, 0.4) is 0 Å². The van der Waals surface area contributed by atoms with Gasteiger partial charge in [-0.1, -0.05) is 25.7 Å². The molecular formula is C13H20BrNOS. The van der Waals surface area contributed by atoms with Crippen LogP contribution >= 0.6 is 27.3 Å². The fraction of sp³-hybridized carbons (Fsp3) is 0.692. The van der Waals surface area contributed by atoms with Gasteiger partial charge in [-0.25, -0.2) is 0 Å². The lowest BCUT2D eigenvalue weighted by molar-refractivity contribution is -0.0143. The van der Waals surface area contributed by atoms with Crippen LogP contribution in [-0.4, -0.2) is 12.6 Å². The quantitative estimate of drug-likeness (QED) is 0.842. The first-order chi connectivity index (χ1) is 8.29. The summed E-state index contributed by atoms with van der Waals surface area (Å²) in [6, 6.07) is 4.18. The fourth-order valence-corrected chi connectivity index (χ4v) is 3.82. The molecule has 2 nitrogen and oxygen atoms in total. The molecule has 0 bridgehead atoms. The van der Waals surface area contributed by atoms with Gasteiger partial charge in [-0.15, -0.1) is 11.3 Å². The normalized spacial score (nSPS) is 20.1. The molecule has 1 unspecified atom stereocenters. The predicted octanol–water partition coefficient (Wildman–Crippen LogP) is 4.25. The highest BCUT2D eigenvalue weighted by molar-refractivity contribution is 9.11. The number of rotatable bonds is 4. The van der Waals surface area contributed by atoms with E-state index in [0.29, 0.717) is 12.6 Å². The topological polar surface area (TPSA) is 35.2 Å². The molecule has 0 radical (unpaired) electrons. The van der Waals surface area contributed by atoms with Gasteiger partial charge in [-0.3, -0.25) is 0 Å². The van der Waals surface area contributed by atoms with Crippen molar-refractivity contribution in [3.8, 4) is 0 Å². The SMILES string of the molecule is NCC(OC1CCCCCC1)c1ccc(Br)s1. The molecule has 1 heterocycles. The number of nitrogens with two attached hydrogens (primary N) is 1. The molecule has 1 aromatic rings. The van der Waals surface area contributed by atoms with E-state index in [0.717, 1.165) is 3.79 Å². The van der Waals surface area contributed by atoms with E-state index in [4.69, 9.17) is 10.5 Å². The molecule has 17 heavy (non-hydrogen) atoms. The van der Waals surface area contributed by atoms with E-state index < -0.39 is 0 Å². The van der Waals surface area contributed by atoms with Crippen LogP contribution in [0.15, 0.2) is 15.9 Å². The van der Waals surface area contributed by atoms with Crippen LogP contribution in [0.25, 0.3) is 0 Å². The zero-order chi connectivity index (χ0) is 12.1. The molecule has 0 spiro atoms. The van der Waals surface area contributed by atoms with Crippen LogP contribution in [0.2, 0.25) is 0 Å². The minimum Gasteiger partial charge on any atom is -0.368 e. The van der Waals surface area contributed by atoms with Crippen molar-refractivity contribution in [3.05, 3.63) is 20.8 Å². The summed E-state index contributed by atoms with van der Waals surface area (Å²) in [6.45, 7) is 0.573. The lowest BCUT2D eigenvalue weighted by atomic mass is 10.1. The van der Waals surface area contributed by atoms with Crippen LogP contribution in [0.1, 0.15) is 49.5 Å². The largest absolute Gasteiger partial charge is 0.368 e. The van der Waals surface area contributed by atoms with Crippen molar-refractivity contribution in [2.75, 3.05) is 6.54 Å². The van der Waals surface area contributed by atoms with E-state index in [-0.39, 0.29) is 6.10 Å². The van der Waals surface area contributed by atoms with E-state index >= 15 is 0 Å². The molecule has 1 aromatic heterocycles. The molecule has 2 rings (SSSR count). The van der Waals surface area contributed by atoms with Crippen molar-refractivity contribution in [2.45, 2.75) is 50.7 Å². The molecule has 0 saturated heterocycles. The van der Waals surface area contributed by atoms with E-state index in [1.165, 1.54) is 43.4 Å². The van der Waals surface area contributed by atoms with Crippen molar-refractivity contribution in [1.82, 2.24) is 0 Å². The van der Waals surface area contributed by atoms with E-state index in [2.05, 4.69) is 28.1 Å². The molecule has 1 atom stereocenters. The average molecular weight is 318 g/mol. The predicted molar refractivity (Wildman–Crippen MR) is 76.4 cm³/mol. The molecule has 0 aliphatic heterocycles. The first-order valence-corrected chi connectivity index (χ1v) is 8.01. The zero-order valence-corrected chi connectivity index (χ0v) is 12.4. The lowest BCUT2D eigenvalue weighted by Crippen LogP contribution is -2.21. The summed E-state index contributed by atoms with van der Waals surface area (Å²) in [6.07, 6.45) is 8.20. The summed E-state index contributed by atoms with van der Waals surface area (Å²) in [5, 5.41) is 0. The van der Waals surface area contributed by atoms with Crippen molar-refractivity contribution in [1.29, 1.82) is 0 Å². The van der Waals surface area contributed by atoms with Gasteiger partial charge in [-0.05, 0) is 40.9 Å². The lowest BCUT2D eigenvalue weighted by Gasteiger charge is -2.22. The van der Waals surface area contributed by atoms with E-state index in [1.54, 1.807) is 11.3 Å². The highest BCUT2D eigenvalue weighted by Crippen LogP contribution is 2.31. The fourth-order valence-electron chi connectivity index (χ4n) is 2.35. The highest BCUT2D eigenvalue weighted by Gasteiger charge is 2.19. The number of ether oxygens (including phenoxy) is 1. The third-order valence-electron chi connectivity index (χ3n) is 3.28. The Labute approximate surface area is 116 Å². The summed E-state index contributed by atoms with van der Waals surface area (Å²) in [4.78, 5) is 1.24. The standard InChI is InChI=1S/C13H20BrNOS/c14-13-8-7-12(17-13)11(9-15)16-10-5-3-1-2-4-6-10/h7-8,10-11H,1-6,9,15H2. The maximum atomic E-state index is 6.18. The van der Waals surface area contributed by atoms with Gasteiger partial charge in [0, 0.05) is 11.4 Å². The van der Waals surface area contributed by atoms with Gasteiger partial charge in [0.05, 0.1) is 9.89 Å². The molecule has 4 heteroatoms. The summed E-state index contributed by atoms with van der Waals surface area (Å²) in [7, 11) is 0. The second kappa shape index (κ2) is 6.88. The van der Waals surface area contributed by atoms with Gasteiger partial charge in [0.2, 0.25) is 0 Å². The van der Waals surface area contributed by atoms with Crippen molar-refractivity contribution in [3.63, 3.8) is 0 Å². The molecule has 96 valence electrons. The smallest absolute Gasteiger partial charge is 0.104 e. The van der Waals surface area contributed by atoms with E-state index in [9.17, 15) is 0 Å². The van der Waals surface area contributed by atoms with Gasteiger partial charge >= 0.3 is 0 Å². The maximum Gasteiger partial charge on any atom is 0.104 e. The van der Waals surface area contributed by atoms with Crippen LogP contribution in [0.5, 0.6) is 0 Å². The molecule has 0 aromatic carbocycles. The Kier molecular flexibility index (Phi) is 5.48. The minimum absolute atomic E-state index is 0.0781. The van der Waals surface area contributed by atoms with Gasteiger partial charge in [0.25, 0.3) is 0 Å². The zero-order valence-electron chi connectivity index (χ0n) is 10.0. The monoisotopic (exact) mass is 317 g/mol. The third-order valence-corrected chi connectivity index (χ3v) is 5.00. The minimum atomic E-state index is 0.0781. The van der Waals surface area contributed by atoms with Crippen molar-refractivity contribution in [2.24, 2.45) is 5.73 Å². The first-order valence-electron chi connectivity index (χ1n) is 6.40. The third kappa shape index (κ3) is 4.05. The number of halogens is 1. The van der Waals surface area contributed by atoms with Crippen LogP contribution in [0, 0.1) is 0 Å². The highest BCUT2D eigenvalue weighted by atomic mass is 79.9. The Morgan fingerprint density at radius 2 is 2.00 bits per heavy atom. The van der Waals surface area contributed by atoms with Gasteiger partial charge in [0.1, 0.15) is 6.10 Å². The Hall–Kier alpha value is 0.1000. The second-order valence-electron chi connectivity index (χ2n) is 4.62. The van der Waals surface area contributed by atoms with E-state index in [1.807, 2.05) is 0 Å². The molecule has 1 fully saturated rings. The van der Waals surface area contributed by atoms with Gasteiger partial charge in [-0.2, -0.15) is 0 Å². The second-order valence-corrected chi connectivity index (χ2v) is 7.11. The molecule has 1 aliphatic rings. The van der Waals surface area contributed by atoms with Crippen molar-refractivity contribution >= 4 is 27.3 Å². The molecule has 1 aliphatic carbocycles. The van der Waals surface area contributed by atoms with Crippen molar-refractivity contribution < 1.29 is 4.74 Å². The Morgan fingerprint density at radius 1 is 1.29 bits per heavy atom. The van der Waals surface area contributed by atoms with Gasteiger partial charge < -0.3 is 10.5 Å². The number of thiophene rings is 1. The summed E-state index contributed by atoms with van der Waals surface area (Å²) in [5.41, 5.74) is 5.84. The molecule has 2 N–H and O–H groups in total. The Balaban J connectivity index is 1.94. The molecule has 1 saturated carbocycles. The van der Waals surface area contributed by atoms with Crippen LogP contribution in [-0.2, 0) is 4.74 Å². The summed E-state index contributed by atoms with van der Waals surface area (Å²) in [5.74, 6) is 0. The van der Waals surface area contributed by atoms with Crippen LogP contribution < -0.4 is 5.73 Å². The summed E-state index contributed by atoms with van der Waals surface area (Å²) < 4.78 is 7.33. The Bertz CT molecular complexity index is 334. The molecular weight excluding hydrogens is 298 g/mol. The van der Waals surface area contributed by atoms with Gasteiger partial charge in [0.15, 0.2) is 0 Å². The summed E-state index contributed by atoms with van der Waals surface area (Å²) >= 11 is 5.22. The van der Waals surface area contributed by atoms with Crippen LogP contribution in [0.4, 0.5) is 0 Å². The number of hydrogen-bond acceptors (Lipinski definition) is 3. The number of hydrogen-bond donors (Lipinski definition) is 1. The Morgan fingerprint density at radius 3 is 2.53 bits per heavy atom. The first kappa shape index (κ1) is 13.5. The molecule has 0 amide bonds.